The third-order valence-corrected chi connectivity index (χ3v) is 4.84. The number of rotatable bonds is 4. The summed E-state index contributed by atoms with van der Waals surface area (Å²) in [5.41, 5.74) is 0.361. The molecule has 8 heteroatoms. The monoisotopic (exact) mass is 360 g/mol. The van der Waals surface area contributed by atoms with Gasteiger partial charge in [0.15, 0.2) is 5.17 Å². The summed E-state index contributed by atoms with van der Waals surface area (Å²) < 4.78 is 13.8. The summed E-state index contributed by atoms with van der Waals surface area (Å²) in [6.45, 7) is 5.81. The Morgan fingerprint density at radius 2 is 2.17 bits per heavy atom. The Hall–Kier alpha value is -2.32. The number of amidine groups is 1. The van der Waals surface area contributed by atoms with Crippen LogP contribution < -0.4 is 0 Å². The van der Waals surface area contributed by atoms with Gasteiger partial charge in [-0.05, 0) is 30.8 Å². The van der Waals surface area contributed by atoms with Crippen LogP contribution in [0, 0.1) is 12.7 Å². The molecule has 0 saturated carbocycles. The molecule has 0 unspecified atom stereocenters. The summed E-state index contributed by atoms with van der Waals surface area (Å²) in [6.07, 6.45) is 3.15. The van der Waals surface area contributed by atoms with E-state index in [1.165, 1.54) is 40.1 Å². The van der Waals surface area contributed by atoms with Gasteiger partial charge in [-0.2, -0.15) is 4.99 Å². The maximum atomic E-state index is 13.8. The Morgan fingerprint density at radius 1 is 1.38 bits per heavy atom. The van der Waals surface area contributed by atoms with Crippen molar-refractivity contribution in [2.45, 2.75) is 6.92 Å². The van der Waals surface area contributed by atoms with Crippen molar-refractivity contribution in [2.24, 2.45) is 4.99 Å². The lowest BCUT2D eigenvalue weighted by atomic mass is 10.2. The quantitative estimate of drug-likeness (QED) is 0.615. The van der Waals surface area contributed by atoms with Gasteiger partial charge in [-0.1, -0.05) is 35.6 Å². The van der Waals surface area contributed by atoms with E-state index in [0.29, 0.717) is 27.3 Å². The number of benzene rings is 1. The average Bonchev–Trinajstić information content (AvgIpc) is 3.09. The van der Waals surface area contributed by atoms with Crippen LogP contribution in [0.2, 0.25) is 0 Å². The van der Waals surface area contributed by atoms with E-state index in [4.69, 9.17) is 0 Å². The first-order valence-corrected chi connectivity index (χ1v) is 8.67. The van der Waals surface area contributed by atoms with Crippen molar-refractivity contribution in [3.63, 3.8) is 0 Å². The number of aryl methyl sites for hydroxylation is 1. The van der Waals surface area contributed by atoms with Crippen LogP contribution in [0.25, 0.3) is 6.08 Å². The molecule has 1 aliphatic rings. The fourth-order valence-electron chi connectivity index (χ4n) is 2.03. The number of hydrogen-bond donors (Lipinski definition) is 0. The molecule has 3 rings (SSSR count). The Kier molecular flexibility index (Phi) is 4.86. The maximum Gasteiger partial charge on any atom is 0.267 e. The lowest BCUT2D eigenvalue weighted by Crippen LogP contribution is -2.29. The highest BCUT2D eigenvalue weighted by Gasteiger charge is 2.33. The molecule has 2 heterocycles. The van der Waals surface area contributed by atoms with Crippen molar-refractivity contribution in [1.82, 2.24) is 15.1 Å². The fourth-order valence-corrected chi connectivity index (χ4v) is 3.63. The van der Waals surface area contributed by atoms with Gasteiger partial charge in [-0.15, -0.1) is 16.8 Å². The van der Waals surface area contributed by atoms with Crippen LogP contribution in [-0.4, -0.2) is 32.7 Å². The first-order valence-electron chi connectivity index (χ1n) is 7.04. The molecule has 1 fully saturated rings. The molecular weight excluding hydrogens is 347 g/mol. The topological polar surface area (TPSA) is 58.5 Å². The van der Waals surface area contributed by atoms with Crippen molar-refractivity contribution >= 4 is 45.4 Å². The molecule has 5 nitrogen and oxygen atoms in total. The molecule has 1 aromatic carbocycles. The molecule has 24 heavy (non-hydrogen) atoms. The molecular formula is C16H13FN4OS2. The van der Waals surface area contributed by atoms with Crippen molar-refractivity contribution < 1.29 is 9.18 Å². The highest BCUT2D eigenvalue weighted by atomic mass is 32.2. The summed E-state index contributed by atoms with van der Waals surface area (Å²) >= 11 is 2.52. The molecule has 0 radical (unpaired) electrons. The molecule has 0 N–H and O–H groups in total. The standard InChI is InChI=1S/C16H13FN4OS2/c1-3-8-21-14(22)13(9-11-6-4-5-7-12(11)17)24-16(21)18-15-20-19-10(2)23-15/h3-7,9H,1,8H2,2H3/b13-9+,18-16-. The highest BCUT2D eigenvalue weighted by molar-refractivity contribution is 8.18. The third kappa shape index (κ3) is 3.44. The second-order valence-electron chi connectivity index (χ2n) is 4.83. The number of carbonyl (C=O) groups excluding carboxylic acids is 1. The SMILES string of the molecule is C=CCN1C(=O)/C(=C\c2ccccc2F)S/C1=N\c1nnc(C)s1. The first-order chi connectivity index (χ1) is 11.6. The van der Waals surface area contributed by atoms with Gasteiger partial charge in [-0.25, -0.2) is 4.39 Å². The van der Waals surface area contributed by atoms with Crippen LogP contribution in [0.3, 0.4) is 0 Å². The molecule has 0 atom stereocenters. The van der Waals surface area contributed by atoms with Crippen molar-refractivity contribution in [3.8, 4) is 0 Å². The predicted molar refractivity (Wildman–Crippen MR) is 95.6 cm³/mol. The van der Waals surface area contributed by atoms with Crippen LogP contribution >= 0.6 is 23.1 Å². The minimum atomic E-state index is -0.376. The lowest BCUT2D eigenvalue weighted by molar-refractivity contribution is -0.121. The number of nitrogens with zero attached hydrogens (tertiary/aromatic N) is 4. The zero-order chi connectivity index (χ0) is 17.1. The van der Waals surface area contributed by atoms with E-state index in [1.54, 1.807) is 24.3 Å². The second kappa shape index (κ2) is 7.06. The predicted octanol–water partition coefficient (Wildman–Crippen LogP) is 3.78. The van der Waals surface area contributed by atoms with Gasteiger partial charge in [0.2, 0.25) is 5.13 Å². The van der Waals surface area contributed by atoms with Crippen LogP contribution in [0.5, 0.6) is 0 Å². The lowest BCUT2D eigenvalue weighted by Gasteiger charge is -2.11. The number of hydrogen-bond acceptors (Lipinski definition) is 6. The fraction of sp³-hybridized carbons (Fsp3) is 0.125. The van der Waals surface area contributed by atoms with Crippen LogP contribution in [-0.2, 0) is 4.79 Å². The van der Waals surface area contributed by atoms with Crippen molar-refractivity contribution in [3.05, 3.63) is 58.2 Å². The number of amides is 1. The summed E-state index contributed by atoms with van der Waals surface area (Å²) in [5.74, 6) is -0.609. The summed E-state index contributed by atoms with van der Waals surface area (Å²) in [6, 6.07) is 6.31. The molecule has 0 spiro atoms. The van der Waals surface area contributed by atoms with E-state index in [0.717, 1.165) is 5.01 Å². The Bertz CT molecular complexity index is 859. The largest absolute Gasteiger partial charge is 0.282 e. The van der Waals surface area contributed by atoms with Gasteiger partial charge in [0.05, 0.1) is 4.91 Å². The van der Waals surface area contributed by atoms with Gasteiger partial charge < -0.3 is 0 Å². The second-order valence-corrected chi connectivity index (χ2v) is 7.00. The molecule has 122 valence electrons. The Balaban J connectivity index is 1.96. The van der Waals surface area contributed by atoms with E-state index in [-0.39, 0.29) is 11.7 Å². The zero-order valence-corrected chi connectivity index (χ0v) is 14.4. The summed E-state index contributed by atoms with van der Waals surface area (Å²) in [5, 5.41) is 9.61. The smallest absolute Gasteiger partial charge is 0.267 e. The van der Waals surface area contributed by atoms with E-state index in [1.807, 2.05) is 6.92 Å². The zero-order valence-electron chi connectivity index (χ0n) is 12.8. The van der Waals surface area contributed by atoms with Crippen LogP contribution in [0.15, 0.2) is 46.8 Å². The summed E-state index contributed by atoms with van der Waals surface area (Å²) in [4.78, 5) is 18.9. The Labute approximate surface area is 146 Å². The van der Waals surface area contributed by atoms with E-state index >= 15 is 0 Å². The first kappa shape index (κ1) is 16.5. The molecule has 2 aromatic rings. The number of aliphatic imine (C=N–C) groups is 1. The minimum absolute atomic E-state index is 0.233. The van der Waals surface area contributed by atoms with Gasteiger partial charge in [0.1, 0.15) is 10.8 Å². The van der Waals surface area contributed by atoms with E-state index < -0.39 is 0 Å². The normalized spacial score (nSPS) is 17.9. The summed E-state index contributed by atoms with van der Waals surface area (Å²) in [7, 11) is 0. The van der Waals surface area contributed by atoms with Gasteiger partial charge in [0.25, 0.3) is 5.91 Å². The molecule has 0 bridgehead atoms. The van der Waals surface area contributed by atoms with Gasteiger partial charge >= 0.3 is 0 Å². The molecule has 1 amide bonds. The number of halogens is 1. The number of aromatic nitrogens is 2. The van der Waals surface area contributed by atoms with Crippen LogP contribution in [0.4, 0.5) is 9.52 Å². The molecule has 1 aliphatic heterocycles. The molecule has 1 aromatic heterocycles. The van der Waals surface area contributed by atoms with Crippen LogP contribution in [0.1, 0.15) is 10.6 Å². The Morgan fingerprint density at radius 3 is 2.83 bits per heavy atom. The number of thioether (sulfide) groups is 1. The minimum Gasteiger partial charge on any atom is -0.282 e. The van der Waals surface area contributed by atoms with Gasteiger partial charge in [-0.3, -0.25) is 9.69 Å². The number of carbonyl (C=O) groups is 1. The van der Waals surface area contributed by atoms with Gasteiger partial charge in [0, 0.05) is 12.1 Å². The van der Waals surface area contributed by atoms with Crippen molar-refractivity contribution in [1.29, 1.82) is 0 Å². The maximum absolute atomic E-state index is 13.8. The molecule has 0 aliphatic carbocycles. The highest BCUT2D eigenvalue weighted by Crippen LogP contribution is 2.34. The van der Waals surface area contributed by atoms with E-state index in [9.17, 15) is 9.18 Å². The van der Waals surface area contributed by atoms with Crippen molar-refractivity contribution in [2.75, 3.05) is 6.54 Å². The average molecular weight is 360 g/mol. The van der Waals surface area contributed by atoms with E-state index in [2.05, 4.69) is 21.8 Å². The molecule has 1 saturated heterocycles. The third-order valence-electron chi connectivity index (χ3n) is 3.10.